The van der Waals surface area contributed by atoms with Gasteiger partial charge in [-0.2, -0.15) is 0 Å². The third-order valence-electron chi connectivity index (χ3n) is 4.32. The zero-order valence-electron chi connectivity index (χ0n) is 16.6. The number of nitrogens with one attached hydrogen (secondary N) is 2. The molecule has 0 aliphatic carbocycles. The van der Waals surface area contributed by atoms with E-state index in [2.05, 4.69) is 9.44 Å². The summed E-state index contributed by atoms with van der Waals surface area (Å²) in [5.74, 6) is -0.0286. The Kier molecular flexibility index (Phi) is 8.79. The average Bonchev–Trinajstić information content (AvgIpc) is 2.63. The maximum atomic E-state index is 12.0. The van der Waals surface area contributed by atoms with Crippen LogP contribution in [-0.2, 0) is 20.0 Å². The quantitative estimate of drug-likeness (QED) is 0.340. The Labute approximate surface area is 178 Å². The molecular weight excluding hydrogens is 428 g/mol. The molecule has 4 N–H and O–H groups in total. The van der Waals surface area contributed by atoms with Crippen molar-refractivity contribution < 1.29 is 27.0 Å². The number of unbranched alkanes of at least 4 members (excludes halogenated alkanes) is 5. The molecule has 0 heterocycles. The van der Waals surface area contributed by atoms with Gasteiger partial charge in [-0.15, -0.1) is 0 Å². The molecule has 0 aromatic heterocycles. The molecule has 0 saturated heterocycles. The SMILES string of the molecule is O=S(=O)(CCCCCCCCS(=O)(=O)Nc1cccc(O)c1)Nc1cccc(O)c1. The molecule has 0 saturated carbocycles. The van der Waals surface area contributed by atoms with Gasteiger partial charge in [-0.05, 0) is 37.1 Å². The largest absolute Gasteiger partial charge is 0.508 e. The van der Waals surface area contributed by atoms with Crippen LogP contribution < -0.4 is 9.44 Å². The normalized spacial score (nSPS) is 11.9. The predicted molar refractivity (Wildman–Crippen MR) is 119 cm³/mol. The van der Waals surface area contributed by atoms with E-state index in [-0.39, 0.29) is 23.0 Å². The molecule has 2 rings (SSSR count). The van der Waals surface area contributed by atoms with E-state index >= 15 is 0 Å². The van der Waals surface area contributed by atoms with Crippen LogP contribution in [0.25, 0.3) is 0 Å². The molecule has 0 radical (unpaired) electrons. The summed E-state index contributed by atoms with van der Waals surface area (Å²) in [5, 5.41) is 18.8. The first-order valence-corrected chi connectivity index (χ1v) is 13.0. The molecule has 0 amide bonds. The van der Waals surface area contributed by atoms with E-state index < -0.39 is 20.0 Å². The lowest BCUT2D eigenvalue weighted by Crippen LogP contribution is -2.17. The fourth-order valence-corrected chi connectivity index (χ4v) is 5.24. The van der Waals surface area contributed by atoms with E-state index in [1.54, 1.807) is 24.3 Å². The molecule has 0 unspecified atom stereocenters. The molecule has 2 aromatic rings. The number of hydrogen-bond donors (Lipinski definition) is 4. The van der Waals surface area contributed by atoms with Crippen molar-refractivity contribution in [3.05, 3.63) is 48.5 Å². The summed E-state index contributed by atoms with van der Waals surface area (Å²) in [6.45, 7) is 0. The summed E-state index contributed by atoms with van der Waals surface area (Å²) in [7, 11) is -6.94. The van der Waals surface area contributed by atoms with Crippen molar-refractivity contribution in [1.82, 2.24) is 0 Å². The van der Waals surface area contributed by atoms with Gasteiger partial charge in [0.1, 0.15) is 11.5 Å². The van der Waals surface area contributed by atoms with Crippen LogP contribution in [0.5, 0.6) is 11.5 Å². The van der Waals surface area contributed by atoms with Crippen molar-refractivity contribution in [1.29, 1.82) is 0 Å². The molecule has 0 aliphatic heterocycles. The molecular formula is C20H28N2O6S2. The Morgan fingerprint density at radius 2 is 0.967 bits per heavy atom. The van der Waals surface area contributed by atoms with Crippen molar-refractivity contribution in [3.8, 4) is 11.5 Å². The molecule has 30 heavy (non-hydrogen) atoms. The average molecular weight is 457 g/mol. The summed E-state index contributed by atoms with van der Waals surface area (Å²) in [5.41, 5.74) is 0.658. The second-order valence-electron chi connectivity index (χ2n) is 7.06. The summed E-state index contributed by atoms with van der Waals surface area (Å²) in [6.07, 6.45) is 4.12. The first-order valence-electron chi connectivity index (χ1n) is 9.74. The van der Waals surface area contributed by atoms with E-state index in [1.165, 1.54) is 24.3 Å². The lowest BCUT2D eigenvalue weighted by atomic mass is 10.1. The lowest BCUT2D eigenvalue weighted by molar-refractivity contribution is 0.475. The Balaban J connectivity index is 1.58. The maximum absolute atomic E-state index is 12.0. The van der Waals surface area contributed by atoms with Crippen molar-refractivity contribution >= 4 is 31.4 Å². The Morgan fingerprint density at radius 3 is 1.33 bits per heavy atom. The molecule has 2 aromatic carbocycles. The van der Waals surface area contributed by atoms with Gasteiger partial charge in [-0.3, -0.25) is 9.44 Å². The number of hydrogen-bond acceptors (Lipinski definition) is 6. The number of anilines is 2. The highest BCUT2D eigenvalue weighted by Crippen LogP contribution is 2.18. The van der Waals surface area contributed by atoms with Crippen LogP contribution in [0.3, 0.4) is 0 Å². The smallest absolute Gasteiger partial charge is 0.232 e. The Hall–Kier alpha value is -2.46. The van der Waals surface area contributed by atoms with Crippen LogP contribution in [0, 0.1) is 0 Å². The van der Waals surface area contributed by atoms with Crippen molar-refractivity contribution in [2.24, 2.45) is 0 Å². The Morgan fingerprint density at radius 1 is 0.600 bits per heavy atom. The molecule has 10 heteroatoms. The molecule has 0 fully saturated rings. The van der Waals surface area contributed by atoms with E-state index in [0.29, 0.717) is 24.2 Å². The number of benzene rings is 2. The van der Waals surface area contributed by atoms with Gasteiger partial charge in [0.2, 0.25) is 20.0 Å². The summed E-state index contributed by atoms with van der Waals surface area (Å²) < 4.78 is 53.0. The second-order valence-corrected chi connectivity index (χ2v) is 10.7. The first kappa shape index (κ1) is 23.8. The minimum atomic E-state index is -3.47. The van der Waals surface area contributed by atoms with Gasteiger partial charge < -0.3 is 10.2 Å². The second kappa shape index (κ2) is 11.1. The first-order chi connectivity index (χ1) is 14.2. The Bertz CT molecular complexity index is 940. The van der Waals surface area contributed by atoms with Gasteiger partial charge >= 0.3 is 0 Å². The molecule has 166 valence electrons. The van der Waals surface area contributed by atoms with Crippen molar-refractivity contribution in [3.63, 3.8) is 0 Å². The van der Waals surface area contributed by atoms with E-state index in [4.69, 9.17) is 0 Å². The summed E-state index contributed by atoms with van der Waals surface area (Å²) in [4.78, 5) is 0. The summed E-state index contributed by atoms with van der Waals surface area (Å²) in [6, 6.07) is 11.9. The lowest BCUT2D eigenvalue weighted by Gasteiger charge is -2.09. The van der Waals surface area contributed by atoms with Crippen LogP contribution in [-0.4, -0.2) is 38.6 Å². The van der Waals surface area contributed by atoms with Crippen LogP contribution >= 0.6 is 0 Å². The highest BCUT2D eigenvalue weighted by molar-refractivity contribution is 7.92. The monoisotopic (exact) mass is 456 g/mol. The highest BCUT2D eigenvalue weighted by atomic mass is 32.2. The van der Waals surface area contributed by atoms with Gasteiger partial charge in [0.15, 0.2) is 0 Å². The van der Waals surface area contributed by atoms with Crippen LogP contribution in [0.4, 0.5) is 11.4 Å². The zero-order chi connectivity index (χ0) is 22.0. The predicted octanol–water partition coefficient (Wildman–Crippen LogP) is 3.62. The van der Waals surface area contributed by atoms with Crippen LogP contribution in [0.1, 0.15) is 38.5 Å². The van der Waals surface area contributed by atoms with Crippen LogP contribution in [0.15, 0.2) is 48.5 Å². The maximum Gasteiger partial charge on any atom is 0.232 e. The standard InChI is InChI=1S/C20H28N2O6S2/c23-19-11-7-9-17(15-19)21-29(25,26)13-5-3-1-2-4-6-14-30(27,28)22-18-10-8-12-20(24)16-18/h7-12,15-16,21-24H,1-6,13-14H2. The molecule has 8 nitrogen and oxygen atoms in total. The molecule has 0 spiro atoms. The van der Waals surface area contributed by atoms with Gasteiger partial charge in [0.05, 0.1) is 22.9 Å². The van der Waals surface area contributed by atoms with Gasteiger partial charge in [-0.1, -0.05) is 37.8 Å². The molecule has 0 bridgehead atoms. The van der Waals surface area contributed by atoms with Crippen molar-refractivity contribution in [2.75, 3.05) is 20.9 Å². The molecule has 0 aliphatic rings. The third kappa shape index (κ3) is 9.36. The zero-order valence-corrected chi connectivity index (χ0v) is 18.3. The van der Waals surface area contributed by atoms with E-state index in [1.807, 2.05) is 0 Å². The minimum Gasteiger partial charge on any atom is -0.508 e. The van der Waals surface area contributed by atoms with Gasteiger partial charge in [0, 0.05) is 12.1 Å². The highest BCUT2D eigenvalue weighted by Gasteiger charge is 2.12. The number of phenols is 2. The van der Waals surface area contributed by atoms with Gasteiger partial charge in [-0.25, -0.2) is 16.8 Å². The van der Waals surface area contributed by atoms with E-state index in [0.717, 1.165) is 25.7 Å². The number of phenolic OH excluding ortho intramolecular Hbond substituents is 2. The summed E-state index contributed by atoms with van der Waals surface area (Å²) >= 11 is 0. The van der Waals surface area contributed by atoms with Crippen molar-refractivity contribution in [2.45, 2.75) is 38.5 Å². The van der Waals surface area contributed by atoms with Gasteiger partial charge in [0.25, 0.3) is 0 Å². The minimum absolute atomic E-state index is 0.00525. The number of aromatic hydroxyl groups is 2. The topological polar surface area (TPSA) is 133 Å². The van der Waals surface area contributed by atoms with Crippen LogP contribution in [0.2, 0.25) is 0 Å². The number of rotatable bonds is 13. The fourth-order valence-electron chi connectivity index (χ4n) is 2.89. The number of sulfonamides is 2. The third-order valence-corrected chi connectivity index (χ3v) is 7.06. The van der Waals surface area contributed by atoms with E-state index in [9.17, 15) is 27.0 Å². The fraction of sp³-hybridized carbons (Fsp3) is 0.400. The molecule has 0 atom stereocenters.